The normalized spacial score (nSPS) is 24.3. The lowest BCUT2D eigenvalue weighted by molar-refractivity contribution is 0.200. The van der Waals surface area contributed by atoms with Crippen molar-refractivity contribution >= 4 is 11.9 Å². The lowest BCUT2D eigenvalue weighted by atomic mass is 10.1. The number of hydrogen-bond acceptors (Lipinski definition) is 4. The van der Waals surface area contributed by atoms with Crippen LogP contribution in [-0.2, 0) is 6.54 Å². The molecule has 5 heteroatoms. The molecule has 2 unspecified atom stereocenters. The Bertz CT molecular complexity index is 853. The van der Waals surface area contributed by atoms with Gasteiger partial charge in [0, 0.05) is 48.6 Å². The van der Waals surface area contributed by atoms with Gasteiger partial charge in [0.15, 0.2) is 0 Å². The highest BCUT2D eigenvalue weighted by molar-refractivity contribution is 5.85. The van der Waals surface area contributed by atoms with E-state index in [0.717, 1.165) is 25.2 Å². The molecule has 0 aromatic heterocycles. The first-order valence-electron chi connectivity index (χ1n) is 8.99. The van der Waals surface area contributed by atoms with Crippen LogP contribution < -0.4 is 10.5 Å². The number of hydrogen-bond donors (Lipinski definition) is 2. The highest BCUT2D eigenvalue weighted by Crippen LogP contribution is 2.58. The van der Waals surface area contributed by atoms with Gasteiger partial charge in [0.25, 0.3) is 0 Å². The molecule has 2 aliphatic rings. The zero-order valence-corrected chi connectivity index (χ0v) is 15.0. The molecule has 1 aliphatic heterocycles. The van der Waals surface area contributed by atoms with Gasteiger partial charge in [-0.2, -0.15) is 0 Å². The second kappa shape index (κ2) is 6.40. The number of nitrogens with one attached hydrogen (secondary N) is 1. The number of likely N-dealkylation sites (tertiary alicyclic amines) is 1. The molecular weight excluding hydrogens is 329 g/mol. The van der Waals surface area contributed by atoms with Crippen LogP contribution in [0.25, 0.3) is 0 Å². The number of rotatable bonds is 6. The van der Waals surface area contributed by atoms with E-state index in [4.69, 9.17) is 15.9 Å². The monoisotopic (exact) mass is 353 g/mol. The van der Waals surface area contributed by atoms with Crippen molar-refractivity contribution in [2.24, 2.45) is 11.3 Å². The van der Waals surface area contributed by atoms with Crippen molar-refractivity contribution in [3.8, 4) is 5.75 Å². The highest BCUT2D eigenvalue weighted by atomic mass is 19.1. The minimum atomic E-state index is -0.217. The molecule has 2 aromatic carbocycles. The number of nitrogens with two attached hydrogens (primary N) is 1. The summed E-state index contributed by atoms with van der Waals surface area (Å²) in [7, 11) is 0. The van der Waals surface area contributed by atoms with Crippen molar-refractivity contribution in [3.63, 3.8) is 0 Å². The molecule has 0 spiro atoms. The summed E-state index contributed by atoms with van der Waals surface area (Å²) in [6, 6.07) is 11.0. The van der Waals surface area contributed by atoms with Crippen LogP contribution in [0.15, 0.2) is 36.4 Å². The van der Waals surface area contributed by atoms with Crippen molar-refractivity contribution in [1.82, 2.24) is 4.90 Å². The first-order valence-corrected chi connectivity index (χ1v) is 8.99. The van der Waals surface area contributed by atoms with Gasteiger partial charge in [0.1, 0.15) is 11.6 Å². The predicted molar refractivity (Wildman–Crippen MR) is 101 cm³/mol. The van der Waals surface area contributed by atoms with Crippen molar-refractivity contribution in [2.45, 2.75) is 19.9 Å². The van der Waals surface area contributed by atoms with E-state index in [2.05, 4.69) is 4.90 Å². The summed E-state index contributed by atoms with van der Waals surface area (Å²) in [4.78, 5) is 2.44. The molecule has 0 amide bonds. The number of piperidine rings is 1. The summed E-state index contributed by atoms with van der Waals surface area (Å²) in [5.74, 6) is 1.06. The Labute approximate surface area is 153 Å². The summed E-state index contributed by atoms with van der Waals surface area (Å²) < 4.78 is 19.6. The van der Waals surface area contributed by atoms with Crippen LogP contribution in [0, 0.1) is 29.5 Å². The fourth-order valence-electron chi connectivity index (χ4n) is 4.04. The SMILES string of the molecule is Cc1ccc(OCC23CC2CN(Cc2ccc(N)c(C=N)c2)C3)cc1F. The Morgan fingerprint density at radius 1 is 1.35 bits per heavy atom. The van der Waals surface area contributed by atoms with Gasteiger partial charge in [-0.15, -0.1) is 0 Å². The third kappa shape index (κ3) is 3.19. The molecule has 1 aliphatic carbocycles. The maximum absolute atomic E-state index is 13.7. The van der Waals surface area contributed by atoms with Crippen molar-refractivity contribution < 1.29 is 9.13 Å². The first kappa shape index (κ1) is 17.0. The number of benzene rings is 2. The molecule has 136 valence electrons. The molecule has 26 heavy (non-hydrogen) atoms. The highest BCUT2D eigenvalue weighted by Gasteiger charge is 2.60. The average molecular weight is 353 g/mol. The minimum absolute atomic E-state index is 0.208. The maximum Gasteiger partial charge on any atom is 0.129 e. The van der Waals surface area contributed by atoms with Crippen molar-refractivity contribution in [2.75, 3.05) is 25.4 Å². The van der Waals surface area contributed by atoms with Gasteiger partial charge >= 0.3 is 0 Å². The van der Waals surface area contributed by atoms with E-state index in [-0.39, 0.29) is 11.2 Å². The quantitative estimate of drug-likeness (QED) is 0.616. The van der Waals surface area contributed by atoms with E-state index in [1.165, 1.54) is 24.3 Å². The van der Waals surface area contributed by atoms with E-state index in [1.807, 2.05) is 24.3 Å². The van der Waals surface area contributed by atoms with E-state index in [1.54, 1.807) is 13.0 Å². The Morgan fingerprint density at radius 3 is 2.96 bits per heavy atom. The molecule has 1 heterocycles. The molecule has 1 saturated heterocycles. The standard InChI is InChI=1S/C21H24FN3O/c1-14-2-4-18(7-19(14)22)26-13-21-8-17(21)11-25(12-21)10-15-3-5-20(24)16(6-15)9-23/h2-7,9,17,23H,8,10-13,24H2,1H3. The second-order valence-corrected chi connectivity index (χ2v) is 7.74. The van der Waals surface area contributed by atoms with Crippen LogP contribution in [0.4, 0.5) is 10.1 Å². The second-order valence-electron chi connectivity index (χ2n) is 7.74. The Kier molecular flexibility index (Phi) is 4.19. The van der Waals surface area contributed by atoms with Crippen molar-refractivity contribution in [1.29, 1.82) is 5.41 Å². The lowest BCUT2D eigenvalue weighted by Crippen LogP contribution is -2.27. The average Bonchev–Trinajstić information content (AvgIpc) is 3.18. The zero-order valence-electron chi connectivity index (χ0n) is 15.0. The largest absolute Gasteiger partial charge is 0.493 e. The van der Waals surface area contributed by atoms with E-state index in [0.29, 0.717) is 29.5 Å². The summed E-state index contributed by atoms with van der Waals surface area (Å²) in [6.07, 6.45) is 2.49. The molecule has 3 N–H and O–H groups in total. The third-order valence-electron chi connectivity index (χ3n) is 5.76. The number of halogens is 1. The summed E-state index contributed by atoms with van der Waals surface area (Å²) in [5.41, 5.74) is 9.30. The van der Waals surface area contributed by atoms with Crippen LogP contribution in [-0.4, -0.2) is 30.8 Å². The summed E-state index contributed by atoms with van der Waals surface area (Å²) >= 11 is 0. The van der Waals surface area contributed by atoms with Crippen LogP contribution in [0.1, 0.15) is 23.1 Å². The van der Waals surface area contributed by atoms with Gasteiger partial charge in [0.2, 0.25) is 0 Å². The number of nitrogen functional groups attached to an aromatic ring is 1. The van der Waals surface area contributed by atoms with Gasteiger partial charge in [-0.3, -0.25) is 4.90 Å². The van der Waals surface area contributed by atoms with Crippen molar-refractivity contribution in [3.05, 3.63) is 58.9 Å². The number of ether oxygens (including phenoxy) is 1. The van der Waals surface area contributed by atoms with E-state index < -0.39 is 0 Å². The van der Waals surface area contributed by atoms with Crippen LogP contribution >= 0.6 is 0 Å². The number of fused-ring (bicyclic) bond motifs is 1. The molecule has 4 rings (SSSR count). The van der Waals surface area contributed by atoms with Gasteiger partial charge in [-0.1, -0.05) is 12.1 Å². The topological polar surface area (TPSA) is 62.3 Å². The number of aryl methyl sites for hydroxylation is 1. The molecular formula is C21H24FN3O. The fraction of sp³-hybridized carbons (Fsp3) is 0.381. The molecule has 2 aromatic rings. The van der Waals surface area contributed by atoms with Gasteiger partial charge in [-0.25, -0.2) is 4.39 Å². The molecule has 0 radical (unpaired) electrons. The Balaban J connectivity index is 1.36. The predicted octanol–water partition coefficient (Wildman–Crippen LogP) is 3.61. The molecule has 2 atom stereocenters. The van der Waals surface area contributed by atoms with Crippen LogP contribution in [0.2, 0.25) is 0 Å². The van der Waals surface area contributed by atoms with Crippen LogP contribution in [0.3, 0.4) is 0 Å². The third-order valence-corrected chi connectivity index (χ3v) is 5.76. The molecule has 2 fully saturated rings. The fourth-order valence-corrected chi connectivity index (χ4v) is 4.04. The Hall–Kier alpha value is -2.40. The molecule has 1 saturated carbocycles. The van der Waals surface area contributed by atoms with Gasteiger partial charge < -0.3 is 15.9 Å². The summed E-state index contributed by atoms with van der Waals surface area (Å²) in [6.45, 7) is 5.32. The van der Waals surface area contributed by atoms with E-state index in [9.17, 15) is 4.39 Å². The molecule has 0 bridgehead atoms. The van der Waals surface area contributed by atoms with E-state index >= 15 is 0 Å². The van der Waals surface area contributed by atoms with Crippen LogP contribution in [0.5, 0.6) is 5.75 Å². The molecule has 4 nitrogen and oxygen atoms in total. The maximum atomic E-state index is 13.7. The smallest absolute Gasteiger partial charge is 0.129 e. The zero-order chi connectivity index (χ0) is 18.3. The number of nitrogens with zero attached hydrogens (tertiary/aromatic N) is 1. The first-order chi connectivity index (χ1) is 12.5. The lowest BCUT2D eigenvalue weighted by Gasteiger charge is -2.21. The van der Waals surface area contributed by atoms with Gasteiger partial charge in [-0.05, 0) is 48.6 Å². The minimum Gasteiger partial charge on any atom is -0.493 e. The number of anilines is 1. The Morgan fingerprint density at radius 2 is 2.19 bits per heavy atom. The summed E-state index contributed by atoms with van der Waals surface area (Å²) in [5, 5.41) is 7.44. The van der Waals surface area contributed by atoms with Gasteiger partial charge in [0.05, 0.1) is 6.61 Å².